The van der Waals surface area contributed by atoms with E-state index in [0.717, 1.165) is 28.0 Å². The molecule has 6 aromatic rings. The average molecular weight is 613 g/mol. The number of aromatic nitrogens is 2. The Labute approximate surface area is 268 Å². The first-order valence-electron chi connectivity index (χ1n) is 15.3. The molecule has 1 amide bonds. The van der Waals surface area contributed by atoms with Crippen LogP contribution in [0, 0.1) is 0 Å². The number of hydrogen-bond acceptors (Lipinski definition) is 7. The number of ether oxygens (including phenoxy) is 1. The van der Waals surface area contributed by atoms with Gasteiger partial charge >= 0.3 is 0 Å². The highest BCUT2D eigenvalue weighted by Crippen LogP contribution is 2.38. The molecule has 0 aliphatic heterocycles. The van der Waals surface area contributed by atoms with Gasteiger partial charge in [0.15, 0.2) is 5.58 Å². The third-order valence-corrected chi connectivity index (χ3v) is 7.81. The molecule has 46 heavy (non-hydrogen) atoms. The zero-order chi connectivity index (χ0) is 32.1. The summed E-state index contributed by atoms with van der Waals surface area (Å²) in [5.41, 5.74) is 5.22. The zero-order valence-corrected chi connectivity index (χ0v) is 26.0. The average Bonchev–Trinajstić information content (AvgIpc) is 3.47. The van der Waals surface area contributed by atoms with Gasteiger partial charge in [-0.1, -0.05) is 93.6 Å². The summed E-state index contributed by atoms with van der Waals surface area (Å²) in [6.45, 7) is 6.83. The van der Waals surface area contributed by atoms with Crippen LogP contribution in [0.1, 0.15) is 60.2 Å². The molecule has 6 rings (SSSR count). The molecule has 0 aliphatic rings. The second-order valence-corrected chi connectivity index (χ2v) is 12.1. The van der Waals surface area contributed by atoms with Crippen LogP contribution >= 0.6 is 0 Å². The maximum absolute atomic E-state index is 12.8. The van der Waals surface area contributed by atoms with Crippen LogP contribution in [0.4, 0.5) is 11.7 Å². The topological polar surface area (TPSA) is 110 Å². The normalized spacial score (nSPS) is 12.1. The zero-order valence-electron chi connectivity index (χ0n) is 26.0. The lowest BCUT2D eigenvalue weighted by molar-refractivity contribution is 0.0950. The number of anilines is 2. The summed E-state index contributed by atoms with van der Waals surface area (Å²) >= 11 is 0. The number of aromatic hydroxyl groups is 1. The molecule has 0 radical (unpaired) electrons. The van der Waals surface area contributed by atoms with E-state index in [0.29, 0.717) is 36.1 Å². The van der Waals surface area contributed by atoms with Gasteiger partial charge < -0.3 is 24.9 Å². The predicted octanol–water partition coefficient (Wildman–Crippen LogP) is 8.71. The quantitative estimate of drug-likeness (QED) is 0.142. The van der Waals surface area contributed by atoms with E-state index < -0.39 is 0 Å². The number of oxazole rings is 1. The van der Waals surface area contributed by atoms with Gasteiger partial charge in [-0.25, -0.2) is 4.98 Å². The summed E-state index contributed by atoms with van der Waals surface area (Å²) in [6, 6.07) is 34.5. The molecule has 1 atom stereocenters. The monoisotopic (exact) mass is 612 g/mol. The molecule has 0 spiro atoms. The van der Waals surface area contributed by atoms with Crippen LogP contribution in [-0.2, 0) is 5.41 Å². The lowest BCUT2D eigenvalue weighted by atomic mass is 9.86. The molecule has 8 nitrogen and oxygen atoms in total. The van der Waals surface area contributed by atoms with E-state index in [-0.39, 0.29) is 28.6 Å². The molecule has 232 valence electrons. The highest BCUT2D eigenvalue weighted by Gasteiger charge is 2.23. The van der Waals surface area contributed by atoms with E-state index in [2.05, 4.69) is 54.6 Å². The van der Waals surface area contributed by atoms with Crippen LogP contribution in [0.2, 0.25) is 0 Å². The Morgan fingerprint density at radius 3 is 2.46 bits per heavy atom. The molecule has 8 heteroatoms. The Hall–Kier alpha value is -5.63. The molecule has 3 N–H and O–H groups in total. The molecule has 1 unspecified atom stereocenters. The Bertz CT molecular complexity index is 1960. The number of phenols is 1. The molecule has 4 aromatic carbocycles. The number of benzene rings is 4. The highest BCUT2D eigenvalue weighted by molar-refractivity contribution is 5.96. The summed E-state index contributed by atoms with van der Waals surface area (Å²) in [5, 5.41) is 16.4. The number of carbonyl (C=O) groups excluding carboxylic acids is 1. The number of phenolic OH excluding ortho intramolecular Hbond substituents is 1. The van der Waals surface area contributed by atoms with Crippen molar-refractivity contribution >= 4 is 28.7 Å². The Morgan fingerprint density at radius 2 is 1.65 bits per heavy atom. The molecule has 0 aliphatic carbocycles. The molecule has 2 heterocycles. The Morgan fingerprint density at radius 1 is 0.891 bits per heavy atom. The third-order valence-electron chi connectivity index (χ3n) is 7.81. The smallest absolute Gasteiger partial charge is 0.300 e. The summed E-state index contributed by atoms with van der Waals surface area (Å²) in [5.74, 6) is 0.683. The standard InChI is InChI=1S/C38H36N4O4/c1-38(2,3)29-17-8-10-20-32(29)45-36-30(18-12-23-40-36)41-37-42-34-27(16-11-21-33(34)46-37)26(25-13-5-4-6-14-25)22-24-39-35(44)28-15-7-9-19-31(28)43/h4-21,23,26,43H,22,24H2,1-3H3,(H,39,44)(H,41,42). The van der Waals surface area contributed by atoms with Gasteiger partial charge in [-0.05, 0) is 59.4 Å². The highest BCUT2D eigenvalue weighted by atomic mass is 16.5. The van der Waals surface area contributed by atoms with Crippen molar-refractivity contribution in [3.05, 3.63) is 138 Å². The maximum Gasteiger partial charge on any atom is 0.300 e. The second-order valence-electron chi connectivity index (χ2n) is 12.1. The largest absolute Gasteiger partial charge is 0.507 e. The summed E-state index contributed by atoms with van der Waals surface area (Å²) in [7, 11) is 0. The van der Waals surface area contributed by atoms with Crippen molar-refractivity contribution in [2.45, 2.75) is 38.5 Å². The SMILES string of the molecule is CC(C)(C)c1ccccc1Oc1ncccc1Nc1nc2c(C(CCNC(=O)c3ccccc3O)c3ccccc3)cccc2o1. The lowest BCUT2D eigenvalue weighted by Gasteiger charge is -2.22. The van der Waals surface area contributed by atoms with Crippen molar-refractivity contribution < 1.29 is 19.1 Å². The van der Waals surface area contributed by atoms with Crippen molar-refractivity contribution in [2.75, 3.05) is 11.9 Å². The van der Waals surface area contributed by atoms with E-state index in [4.69, 9.17) is 14.1 Å². The first-order valence-corrected chi connectivity index (χ1v) is 15.3. The number of carbonyl (C=O) groups is 1. The van der Waals surface area contributed by atoms with E-state index in [9.17, 15) is 9.90 Å². The van der Waals surface area contributed by atoms with Crippen molar-refractivity contribution in [2.24, 2.45) is 0 Å². The Kier molecular flexibility index (Phi) is 8.70. The maximum atomic E-state index is 12.8. The van der Waals surface area contributed by atoms with E-state index >= 15 is 0 Å². The molecule has 0 bridgehead atoms. The van der Waals surface area contributed by atoms with Gasteiger partial charge in [-0.15, -0.1) is 0 Å². The lowest BCUT2D eigenvalue weighted by Crippen LogP contribution is -2.26. The fourth-order valence-electron chi connectivity index (χ4n) is 5.54. The van der Waals surface area contributed by atoms with Crippen molar-refractivity contribution in [3.63, 3.8) is 0 Å². The second kappa shape index (κ2) is 13.2. The van der Waals surface area contributed by atoms with E-state index in [1.165, 1.54) is 6.07 Å². The molecule has 0 saturated carbocycles. The first kappa shape index (κ1) is 30.4. The van der Waals surface area contributed by atoms with Crippen LogP contribution in [0.25, 0.3) is 11.1 Å². The van der Waals surface area contributed by atoms with Gasteiger partial charge in [0, 0.05) is 24.2 Å². The van der Waals surface area contributed by atoms with Crippen molar-refractivity contribution in [1.82, 2.24) is 15.3 Å². The van der Waals surface area contributed by atoms with Crippen molar-refractivity contribution in [3.8, 4) is 17.4 Å². The number of amides is 1. The van der Waals surface area contributed by atoms with Crippen LogP contribution in [0.5, 0.6) is 17.4 Å². The van der Waals surface area contributed by atoms with Gasteiger partial charge in [-0.3, -0.25) is 4.79 Å². The number of nitrogens with zero attached hydrogens (tertiary/aromatic N) is 2. The number of hydrogen-bond donors (Lipinski definition) is 3. The molecule has 0 saturated heterocycles. The summed E-state index contributed by atoms with van der Waals surface area (Å²) in [6.07, 6.45) is 2.29. The van der Waals surface area contributed by atoms with Crippen LogP contribution in [0.3, 0.4) is 0 Å². The number of rotatable bonds is 10. The van der Waals surface area contributed by atoms with Crippen LogP contribution < -0.4 is 15.4 Å². The number of para-hydroxylation sites is 3. The minimum Gasteiger partial charge on any atom is -0.507 e. The van der Waals surface area contributed by atoms with Gasteiger partial charge in [0.1, 0.15) is 22.7 Å². The minimum absolute atomic E-state index is 0.0485. The van der Waals surface area contributed by atoms with Gasteiger partial charge in [-0.2, -0.15) is 4.98 Å². The van der Waals surface area contributed by atoms with Crippen molar-refractivity contribution in [1.29, 1.82) is 0 Å². The molecular weight excluding hydrogens is 576 g/mol. The molecular formula is C38H36N4O4. The van der Waals surface area contributed by atoms with Crippen LogP contribution in [0.15, 0.2) is 120 Å². The summed E-state index contributed by atoms with van der Waals surface area (Å²) in [4.78, 5) is 22.2. The Balaban J connectivity index is 1.27. The van der Waals surface area contributed by atoms with Gasteiger partial charge in [0.25, 0.3) is 11.9 Å². The fourth-order valence-corrected chi connectivity index (χ4v) is 5.54. The van der Waals surface area contributed by atoms with Crippen LogP contribution in [-0.4, -0.2) is 27.5 Å². The third kappa shape index (κ3) is 6.71. The fraction of sp³-hybridized carbons (Fsp3) is 0.184. The molecule has 2 aromatic heterocycles. The van der Waals surface area contributed by atoms with Gasteiger partial charge in [0.05, 0.1) is 5.56 Å². The van der Waals surface area contributed by atoms with E-state index in [1.54, 1.807) is 24.4 Å². The number of pyridine rings is 1. The number of fused-ring (bicyclic) bond motifs is 1. The minimum atomic E-state index is -0.323. The number of nitrogens with one attached hydrogen (secondary N) is 2. The summed E-state index contributed by atoms with van der Waals surface area (Å²) < 4.78 is 12.5. The van der Waals surface area contributed by atoms with E-state index in [1.807, 2.05) is 66.7 Å². The first-order chi connectivity index (χ1) is 22.3. The van der Waals surface area contributed by atoms with Gasteiger partial charge in [0.2, 0.25) is 5.88 Å². The predicted molar refractivity (Wildman–Crippen MR) is 180 cm³/mol. The molecule has 0 fully saturated rings.